The number of sulfonamides is 1. The summed E-state index contributed by atoms with van der Waals surface area (Å²) >= 11 is 0. The van der Waals surface area contributed by atoms with Crippen LogP contribution in [0.3, 0.4) is 0 Å². The molecule has 0 spiro atoms. The van der Waals surface area contributed by atoms with Gasteiger partial charge in [0.25, 0.3) is 10.0 Å². The maximum absolute atomic E-state index is 12.7. The maximum atomic E-state index is 12.7. The van der Waals surface area contributed by atoms with E-state index >= 15 is 0 Å². The van der Waals surface area contributed by atoms with E-state index in [4.69, 9.17) is 0 Å². The molecule has 4 rings (SSSR count). The fraction of sp³-hybridized carbons (Fsp3) is 0.357. The lowest BCUT2D eigenvalue weighted by molar-refractivity contribution is 0.329. The van der Waals surface area contributed by atoms with Crippen molar-refractivity contribution in [2.24, 2.45) is 7.05 Å². The molecule has 0 unspecified atom stereocenters. The van der Waals surface area contributed by atoms with E-state index in [0.717, 1.165) is 11.5 Å². The van der Waals surface area contributed by atoms with Gasteiger partial charge >= 0.3 is 0 Å². The highest BCUT2D eigenvalue weighted by Gasteiger charge is 2.31. The van der Waals surface area contributed by atoms with Gasteiger partial charge in [0.15, 0.2) is 5.03 Å². The zero-order valence-corrected chi connectivity index (χ0v) is 14.0. The minimum atomic E-state index is -3.59. The number of aromatic nitrogens is 6. The molecular formula is C14H17N7O2S. The summed E-state index contributed by atoms with van der Waals surface area (Å²) in [6.07, 6.45) is 8.41. The summed E-state index contributed by atoms with van der Waals surface area (Å²) in [6.45, 7) is 1.83. The third kappa shape index (κ3) is 2.53. The Morgan fingerprint density at radius 2 is 2.12 bits per heavy atom. The maximum Gasteiger partial charge on any atom is 0.262 e. The van der Waals surface area contributed by atoms with Gasteiger partial charge in [-0.15, -0.1) is 0 Å². The average molecular weight is 347 g/mol. The van der Waals surface area contributed by atoms with E-state index in [9.17, 15) is 8.42 Å². The van der Waals surface area contributed by atoms with Gasteiger partial charge in [0.05, 0.1) is 31.3 Å². The van der Waals surface area contributed by atoms with Crippen LogP contribution in [0.25, 0.3) is 0 Å². The van der Waals surface area contributed by atoms with Crippen LogP contribution in [0.4, 0.5) is 0 Å². The van der Waals surface area contributed by atoms with Crippen LogP contribution < -0.4 is 0 Å². The van der Waals surface area contributed by atoms with Gasteiger partial charge in [0.2, 0.25) is 0 Å². The third-order valence-electron chi connectivity index (χ3n) is 4.08. The molecule has 3 aromatic rings. The highest BCUT2D eigenvalue weighted by molar-refractivity contribution is 7.89. The average Bonchev–Trinajstić information content (AvgIpc) is 3.29. The van der Waals surface area contributed by atoms with E-state index in [-0.39, 0.29) is 11.6 Å². The van der Waals surface area contributed by atoms with Crippen molar-refractivity contribution in [2.75, 3.05) is 6.54 Å². The van der Waals surface area contributed by atoms with Crippen LogP contribution in [0.2, 0.25) is 0 Å². The van der Waals surface area contributed by atoms with Crippen molar-refractivity contribution in [1.82, 2.24) is 33.2 Å². The predicted octanol–water partition coefficient (Wildman–Crippen LogP) is 0.0659. The molecule has 3 aromatic heterocycles. The van der Waals surface area contributed by atoms with Gasteiger partial charge in [-0.1, -0.05) is 0 Å². The Morgan fingerprint density at radius 1 is 1.25 bits per heavy atom. The molecule has 9 nitrogen and oxygen atoms in total. The number of rotatable bonds is 4. The van der Waals surface area contributed by atoms with E-state index in [2.05, 4.69) is 19.6 Å². The molecule has 0 amide bonds. The topological polar surface area (TPSA) is 90.8 Å². The van der Waals surface area contributed by atoms with Crippen molar-refractivity contribution in [1.29, 1.82) is 0 Å². The first-order valence-electron chi connectivity index (χ1n) is 7.53. The van der Waals surface area contributed by atoms with Crippen molar-refractivity contribution in [3.63, 3.8) is 0 Å². The smallest absolute Gasteiger partial charge is 0.262 e. The molecule has 0 saturated heterocycles. The quantitative estimate of drug-likeness (QED) is 0.666. The number of hydrogen-bond acceptors (Lipinski definition) is 5. The van der Waals surface area contributed by atoms with Crippen molar-refractivity contribution in [3.05, 3.63) is 48.7 Å². The summed E-state index contributed by atoms with van der Waals surface area (Å²) in [7, 11) is -1.85. The molecule has 0 aromatic carbocycles. The number of aryl methyl sites for hydroxylation is 1. The van der Waals surface area contributed by atoms with Crippen molar-refractivity contribution in [2.45, 2.75) is 24.7 Å². The van der Waals surface area contributed by atoms with Gasteiger partial charge in [-0.3, -0.25) is 4.68 Å². The Labute approximate surface area is 139 Å². The van der Waals surface area contributed by atoms with Gasteiger partial charge in [-0.2, -0.15) is 9.40 Å². The van der Waals surface area contributed by atoms with Crippen LogP contribution in [-0.4, -0.2) is 48.2 Å². The molecule has 4 heterocycles. The van der Waals surface area contributed by atoms with Crippen LogP contribution in [0, 0.1) is 0 Å². The van der Waals surface area contributed by atoms with Crippen LogP contribution in [0.5, 0.6) is 0 Å². The monoisotopic (exact) mass is 347 g/mol. The van der Waals surface area contributed by atoms with E-state index in [0.29, 0.717) is 19.6 Å². The lowest BCUT2D eigenvalue weighted by Gasteiger charge is -2.27. The highest BCUT2D eigenvalue weighted by Crippen LogP contribution is 2.21. The van der Waals surface area contributed by atoms with Gasteiger partial charge in [-0.25, -0.2) is 18.4 Å². The SMILES string of the molecule is Cn1cnc(S(=O)(=O)N2CCn3c(Cn4cccn4)cnc3C2)c1. The zero-order valence-electron chi connectivity index (χ0n) is 13.1. The lowest BCUT2D eigenvalue weighted by Crippen LogP contribution is -2.39. The number of imidazole rings is 2. The number of fused-ring (bicyclic) bond motifs is 1. The minimum absolute atomic E-state index is 0.0711. The molecule has 0 bridgehead atoms. The lowest BCUT2D eigenvalue weighted by atomic mass is 10.4. The molecule has 0 saturated carbocycles. The second-order valence-corrected chi connectivity index (χ2v) is 7.62. The first-order chi connectivity index (χ1) is 11.5. The Kier molecular flexibility index (Phi) is 3.50. The molecule has 24 heavy (non-hydrogen) atoms. The summed E-state index contributed by atoms with van der Waals surface area (Å²) in [5, 5.41) is 4.27. The Morgan fingerprint density at radius 3 is 2.83 bits per heavy atom. The summed E-state index contributed by atoms with van der Waals surface area (Å²) in [4.78, 5) is 8.36. The Balaban J connectivity index is 1.57. The van der Waals surface area contributed by atoms with Crippen molar-refractivity contribution >= 4 is 10.0 Å². The second kappa shape index (κ2) is 5.56. The third-order valence-corrected chi connectivity index (χ3v) is 5.81. The molecule has 0 fully saturated rings. The van der Waals surface area contributed by atoms with Gasteiger partial charge in [0.1, 0.15) is 5.82 Å². The van der Waals surface area contributed by atoms with Crippen molar-refractivity contribution in [3.8, 4) is 0 Å². The molecule has 126 valence electrons. The molecular weight excluding hydrogens is 330 g/mol. The van der Waals surface area contributed by atoms with Crippen LogP contribution in [0.15, 0.2) is 42.2 Å². The van der Waals surface area contributed by atoms with Gasteiger partial charge in [0, 0.05) is 38.7 Å². The predicted molar refractivity (Wildman–Crippen MR) is 84.4 cm³/mol. The van der Waals surface area contributed by atoms with Crippen LogP contribution in [0.1, 0.15) is 11.5 Å². The van der Waals surface area contributed by atoms with Gasteiger partial charge < -0.3 is 9.13 Å². The number of nitrogens with zero attached hydrogens (tertiary/aromatic N) is 7. The molecule has 10 heteroatoms. The largest absolute Gasteiger partial charge is 0.339 e. The fourth-order valence-corrected chi connectivity index (χ4v) is 4.20. The molecule has 0 aliphatic carbocycles. The summed E-state index contributed by atoms with van der Waals surface area (Å²) in [5.41, 5.74) is 1.02. The minimum Gasteiger partial charge on any atom is -0.339 e. The molecule has 0 N–H and O–H groups in total. The summed E-state index contributed by atoms with van der Waals surface area (Å²) in [6, 6.07) is 1.87. The normalized spacial score (nSPS) is 15.5. The molecule has 0 atom stereocenters. The molecule has 1 aliphatic heterocycles. The van der Waals surface area contributed by atoms with E-state index in [1.807, 2.05) is 16.9 Å². The zero-order chi connectivity index (χ0) is 16.7. The van der Waals surface area contributed by atoms with Crippen LogP contribution >= 0.6 is 0 Å². The second-order valence-electron chi connectivity index (χ2n) is 5.74. The van der Waals surface area contributed by atoms with E-state index in [1.165, 1.54) is 16.8 Å². The summed E-state index contributed by atoms with van der Waals surface area (Å²) < 4.78 is 32.3. The standard InChI is InChI=1S/C14H17N7O2S/c1-18-10-14(16-11-18)24(22,23)20-5-6-21-12(7-15-13(21)9-20)8-19-4-2-3-17-19/h2-4,7,10-11H,5-6,8-9H2,1H3. The van der Waals surface area contributed by atoms with E-state index < -0.39 is 10.0 Å². The first kappa shape index (κ1) is 15.1. The van der Waals surface area contributed by atoms with E-state index in [1.54, 1.807) is 24.0 Å². The summed E-state index contributed by atoms with van der Waals surface area (Å²) in [5.74, 6) is 0.739. The van der Waals surface area contributed by atoms with Gasteiger partial charge in [-0.05, 0) is 6.07 Å². The molecule has 0 radical (unpaired) electrons. The highest BCUT2D eigenvalue weighted by atomic mass is 32.2. The van der Waals surface area contributed by atoms with Crippen molar-refractivity contribution < 1.29 is 8.42 Å². The first-order valence-corrected chi connectivity index (χ1v) is 8.97. The molecule has 1 aliphatic rings. The number of hydrogen-bond donors (Lipinski definition) is 0. The fourth-order valence-electron chi connectivity index (χ4n) is 2.85. The van der Waals surface area contributed by atoms with Crippen LogP contribution in [-0.2, 0) is 36.7 Å². The Hall–Kier alpha value is -2.46. The Bertz CT molecular complexity index is 955.